The molecule has 3 rings (SSSR count). The summed E-state index contributed by atoms with van der Waals surface area (Å²) in [6, 6.07) is 4.78. The van der Waals surface area contributed by atoms with Gasteiger partial charge in [0.15, 0.2) is 0 Å². The Balaban J connectivity index is 1.94. The summed E-state index contributed by atoms with van der Waals surface area (Å²) in [5.74, 6) is 0.404. The van der Waals surface area contributed by atoms with E-state index in [2.05, 4.69) is 5.32 Å². The first-order chi connectivity index (χ1) is 9.58. The van der Waals surface area contributed by atoms with E-state index in [1.54, 1.807) is 6.07 Å². The van der Waals surface area contributed by atoms with Gasteiger partial charge in [0, 0.05) is 18.1 Å². The molecular formula is C16H22FNO2. The van der Waals surface area contributed by atoms with Crippen molar-refractivity contribution in [3.05, 3.63) is 29.6 Å². The second-order valence-corrected chi connectivity index (χ2v) is 6.09. The summed E-state index contributed by atoms with van der Waals surface area (Å²) in [5.41, 5.74) is 0.773. The zero-order valence-electron chi connectivity index (χ0n) is 12.1. The average molecular weight is 279 g/mol. The maximum atomic E-state index is 13.5. The van der Waals surface area contributed by atoms with E-state index in [1.165, 1.54) is 12.1 Å². The van der Waals surface area contributed by atoms with E-state index in [1.807, 2.05) is 13.8 Å². The molecule has 2 heterocycles. The highest BCUT2D eigenvalue weighted by Gasteiger charge is 2.42. The van der Waals surface area contributed by atoms with Gasteiger partial charge in [-0.2, -0.15) is 0 Å². The number of piperidine rings is 1. The Morgan fingerprint density at radius 2 is 2.10 bits per heavy atom. The predicted octanol–water partition coefficient (Wildman–Crippen LogP) is 3.20. The Kier molecular flexibility index (Phi) is 3.69. The van der Waals surface area contributed by atoms with Crippen LogP contribution >= 0.6 is 0 Å². The molecule has 1 fully saturated rings. The van der Waals surface area contributed by atoms with Gasteiger partial charge < -0.3 is 14.8 Å². The summed E-state index contributed by atoms with van der Waals surface area (Å²) < 4.78 is 25.8. The molecule has 0 aromatic heterocycles. The van der Waals surface area contributed by atoms with Crippen LogP contribution in [0.15, 0.2) is 18.2 Å². The Bertz CT molecular complexity index is 483. The van der Waals surface area contributed by atoms with Crippen LogP contribution in [0.5, 0.6) is 5.75 Å². The highest BCUT2D eigenvalue weighted by atomic mass is 19.1. The van der Waals surface area contributed by atoms with Gasteiger partial charge in [-0.1, -0.05) is 0 Å². The lowest BCUT2D eigenvalue weighted by molar-refractivity contribution is -0.0794. The fourth-order valence-corrected chi connectivity index (χ4v) is 3.22. The fourth-order valence-electron chi connectivity index (χ4n) is 3.22. The molecule has 0 unspecified atom stereocenters. The van der Waals surface area contributed by atoms with Crippen LogP contribution in [-0.4, -0.2) is 24.8 Å². The van der Waals surface area contributed by atoms with Crippen molar-refractivity contribution in [2.75, 3.05) is 13.1 Å². The van der Waals surface area contributed by atoms with E-state index < -0.39 is 0 Å². The van der Waals surface area contributed by atoms with Gasteiger partial charge in [0.2, 0.25) is 0 Å². The van der Waals surface area contributed by atoms with Crippen LogP contribution in [0.25, 0.3) is 0 Å². The zero-order valence-corrected chi connectivity index (χ0v) is 12.1. The maximum Gasteiger partial charge on any atom is 0.128 e. The summed E-state index contributed by atoms with van der Waals surface area (Å²) in [5, 5.41) is 3.35. The van der Waals surface area contributed by atoms with Gasteiger partial charge >= 0.3 is 0 Å². The molecule has 0 radical (unpaired) electrons. The minimum Gasteiger partial charge on any atom is -0.487 e. The van der Waals surface area contributed by atoms with Gasteiger partial charge in [-0.3, -0.25) is 0 Å². The molecule has 4 heteroatoms. The van der Waals surface area contributed by atoms with E-state index in [0.29, 0.717) is 5.75 Å². The summed E-state index contributed by atoms with van der Waals surface area (Å²) in [7, 11) is 0. The molecule has 2 aliphatic rings. The average Bonchev–Trinajstić information content (AvgIpc) is 2.38. The van der Waals surface area contributed by atoms with Crippen LogP contribution in [-0.2, 0) is 4.74 Å². The van der Waals surface area contributed by atoms with Crippen molar-refractivity contribution in [1.82, 2.24) is 5.32 Å². The van der Waals surface area contributed by atoms with Crippen LogP contribution in [0.4, 0.5) is 4.39 Å². The normalized spacial score (nSPS) is 24.5. The first-order valence-corrected chi connectivity index (χ1v) is 7.43. The molecule has 0 aliphatic carbocycles. The molecule has 2 aliphatic heterocycles. The number of fused-ring (bicyclic) bond motifs is 1. The van der Waals surface area contributed by atoms with Crippen molar-refractivity contribution in [3.8, 4) is 5.75 Å². The maximum absolute atomic E-state index is 13.5. The van der Waals surface area contributed by atoms with Gasteiger partial charge in [-0.25, -0.2) is 4.39 Å². The van der Waals surface area contributed by atoms with Crippen LogP contribution in [0.2, 0.25) is 0 Å². The van der Waals surface area contributed by atoms with Crippen molar-refractivity contribution in [3.63, 3.8) is 0 Å². The number of halogens is 1. The molecule has 1 spiro atoms. The summed E-state index contributed by atoms with van der Waals surface area (Å²) in [4.78, 5) is 0. The Morgan fingerprint density at radius 3 is 2.80 bits per heavy atom. The molecule has 3 nitrogen and oxygen atoms in total. The number of hydrogen-bond acceptors (Lipinski definition) is 3. The molecule has 110 valence electrons. The molecule has 1 N–H and O–H groups in total. The number of hydrogen-bond donors (Lipinski definition) is 1. The van der Waals surface area contributed by atoms with E-state index in [9.17, 15) is 4.39 Å². The SMILES string of the molecule is CC(C)O[C@@H]1CC2(CCNCC2)Oc2cc(F)ccc21. The molecular weight excluding hydrogens is 257 g/mol. The van der Waals surface area contributed by atoms with Crippen LogP contribution in [0.3, 0.4) is 0 Å². The molecule has 1 aromatic carbocycles. The van der Waals surface area contributed by atoms with Crippen molar-refractivity contribution in [2.45, 2.75) is 50.9 Å². The van der Waals surface area contributed by atoms with Crippen molar-refractivity contribution >= 4 is 0 Å². The minimum atomic E-state index is -0.252. The fraction of sp³-hybridized carbons (Fsp3) is 0.625. The van der Waals surface area contributed by atoms with Crippen molar-refractivity contribution in [2.24, 2.45) is 0 Å². The van der Waals surface area contributed by atoms with Crippen molar-refractivity contribution in [1.29, 1.82) is 0 Å². The summed E-state index contributed by atoms with van der Waals surface area (Å²) >= 11 is 0. The van der Waals surface area contributed by atoms with Gasteiger partial charge in [-0.15, -0.1) is 0 Å². The standard InChI is InChI=1S/C16H22FNO2/c1-11(2)19-15-10-16(5-7-18-8-6-16)20-14-9-12(17)3-4-13(14)15/h3-4,9,11,15,18H,5-8,10H2,1-2H3/t15-/m1/s1. The van der Waals surface area contributed by atoms with Crippen LogP contribution in [0.1, 0.15) is 44.8 Å². The lowest BCUT2D eigenvalue weighted by Crippen LogP contribution is -2.49. The largest absolute Gasteiger partial charge is 0.487 e. The van der Waals surface area contributed by atoms with Gasteiger partial charge in [0.1, 0.15) is 17.2 Å². The van der Waals surface area contributed by atoms with Crippen molar-refractivity contribution < 1.29 is 13.9 Å². The molecule has 1 atom stereocenters. The first-order valence-electron chi connectivity index (χ1n) is 7.43. The third kappa shape index (κ3) is 2.67. The molecule has 20 heavy (non-hydrogen) atoms. The second kappa shape index (κ2) is 5.34. The second-order valence-electron chi connectivity index (χ2n) is 6.09. The Morgan fingerprint density at radius 1 is 1.35 bits per heavy atom. The van der Waals surface area contributed by atoms with E-state index in [-0.39, 0.29) is 23.6 Å². The van der Waals surface area contributed by atoms with Gasteiger partial charge in [0.25, 0.3) is 0 Å². The Hall–Kier alpha value is -1.13. The zero-order chi connectivity index (χ0) is 14.2. The van der Waals surface area contributed by atoms with Crippen LogP contribution < -0.4 is 10.1 Å². The lowest BCUT2D eigenvalue weighted by atomic mass is 9.82. The van der Waals surface area contributed by atoms with E-state index >= 15 is 0 Å². The summed E-state index contributed by atoms with van der Waals surface area (Å²) in [6.07, 6.45) is 2.89. The number of rotatable bonds is 2. The number of ether oxygens (including phenoxy) is 2. The summed E-state index contributed by atoms with van der Waals surface area (Å²) in [6.45, 7) is 5.96. The number of nitrogens with one attached hydrogen (secondary N) is 1. The predicted molar refractivity (Wildman–Crippen MR) is 75.4 cm³/mol. The lowest BCUT2D eigenvalue weighted by Gasteiger charge is -2.44. The molecule has 1 aromatic rings. The minimum absolute atomic E-state index is 0.00236. The van der Waals surface area contributed by atoms with E-state index in [0.717, 1.165) is 37.9 Å². The van der Waals surface area contributed by atoms with Crippen LogP contribution in [0, 0.1) is 5.82 Å². The quantitative estimate of drug-likeness (QED) is 0.902. The van der Waals surface area contributed by atoms with Gasteiger partial charge in [-0.05, 0) is 51.9 Å². The number of benzene rings is 1. The highest BCUT2D eigenvalue weighted by molar-refractivity contribution is 5.39. The Labute approximate surface area is 119 Å². The van der Waals surface area contributed by atoms with Gasteiger partial charge in [0.05, 0.1) is 12.2 Å². The molecule has 0 amide bonds. The third-order valence-corrected chi connectivity index (χ3v) is 4.16. The first kappa shape index (κ1) is 13.8. The monoisotopic (exact) mass is 279 g/mol. The third-order valence-electron chi connectivity index (χ3n) is 4.16. The highest BCUT2D eigenvalue weighted by Crippen LogP contribution is 2.45. The topological polar surface area (TPSA) is 30.5 Å². The smallest absolute Gasteiger partial charge is 0.128 e. The molecule has 0 bridgehead atoms. The van der Waals surface area contributed by atoms with E-state index in [4.69, 9.17) is 9.47 Å². The molecule has 1 saturated heterocycles. The molecule has 0 saturated carbocycles.